The van der Waals surface area contributed by atoms with Crippen LogP contribution in [-0.2, 0) is 20.9 Å². The van der Waals surface area contributed by atoms with Crippen molar-refractivity contribution in [3.8, 4) is 0 Å². The van der Waals surface area contributed by atoms with Crippen LogP contribution < -0.4 is 5.32 Å². The summed E-state index contributed by atoms with van der Waals surface area (Å²) in [5.41, 5.74) is 1.15. The summed E-state index contributed by atoms with van der Waals surface area (Å²) < 4.78 is 4.41. The van der Waals surface area contributed by atoms with E-state index in [-0.39, 0.29) is 11.5 Å². The first-order valence-electron chi connectivity index (χ1n) is 8.66. The van der Waals surface area contributed by atoms with Gasteiger partial charge >= 0.3 is 5.97 Å². The van der Waals surface area contributed by atoms with Gasteiger partial charge in [0.2, 0.25) is 5.91 Å². The van der Waals surface area contributed by atoms with Gasteiger partial charge in [0, 0.05) is 24.2 Å². The van der Waals surface area contributed by atoms with Crippen LogP contribution in [0.1, 0.15) is 49.0 Å². The number of hydrogen-bond acceptors (Lipinski definition) is 5. The molecular weight excluding hydrogens is 320 g/mol. The number of Topliss-reactive ketones (excluding diaryl/α,β-unsaturated/α-hetero) is 1. The lowest BCUT2D eigenvalue weighted by Crippen LogP contribution is -2.48. The number of amides is 1. The summed E-state index contributed by atoms with van der Waals surface area (Å²) in [6.45, 7) is 5.13. The molecule has 1 aliphatic heterocycles. The Labute approximate surface area is 148 Å². The van der Waals surface area contributed by atoms with Crippen molar-refractivity contribution in [3.05, 3.63) is 35.4 Å². The number of esters is 1. The van der Waals surface area contributed by atoms with E-state index in [2.05, 4.69) is 28.8 Å². The van der Waals surface area contributed by atoms with Crippen LogP contribution in [0.4, 0.5) is 0 Å². The smallest absolute Gasteiger partial charge is 0.379 e. The predicted molar refractivity (Wildman–Crippen MR) is 94.1 cm³/mol. The standard InChI is InChI=1S/C19H26N2O4/c1-13-5-4-6-14(2)21(13)12-17(22)20-11-15-7-9-16(10-8-15)18(23)19(24)25-3/h7-10,13-14H,4-6,11-12H2,1-3H3,(H,20,22). The molecule has 2 unspecified atom stereocenters. The molecular formula is C19H26N2O4. The van der Waals surface area contributed by atoms with Crippen molar-refractivity contribution in [3.63, 3.8) is 0 Å². The fourth-order valence-electron chi connectivity index (χ4n) is 3.19. The van der Waals surface area contributed by atoms with E-state index in [1.54, 1.807) is 24.3 Å². The number of carbonyl (C=O) groups excluding carboxylic acids is 3. The van der Waals surface area contributed by atoms with Gasteiger partial charge in [-0.2, -0.15) is 0 Å². The molecule has 2 rings (SSSR count). The average Bonchev–Trinajstić information content (AvgIpc) is 2.62. The first-order valence-corrected chi connectivity index (χ1v) is 8.66. The molecule has 1 fully saturated rings. The first kappa shape index (κ1) is 19.1. The molecule has 1 heterocycles. The van der Waals surface area contributed by atoms with Crippen molar-refractivity contribution in [1.82, 2.24) is 10.2 Å². The SMILES string of the molecule is COC(=O)C(=O)c1ccc(CNC(=O)CN2C(C)CCCC2C)cc1. The van der Waals surface area contributed by atoms with Crippen LogP contribution >= 0.6 is 0 Å². The molecule has 0 aromatic heterocycles. The maximum absolute atomic E-state index is 12.2. The highest BCUT2D eigenvalue weighted by molar-refractivity contribution is 6.40. The van der Waals surface area contributed by atoms with Crippen LogP contribution in [0, 0.1) is 0 Å². The van der Waals surface area contributed by atoms with Gasteiger partial charge in [0.05, 0.1) is 13.7 Å². The highest BCUT2D eigenvalue weighted by atomic mass is 16.5. The molecule has 6 heteroatoms. The number of ether oxygens (including phenoxy) is 1. The van der Waals surface area contributed by atoms with E-state index in [0.717, 1.165) is 18.4 Å². The summed E-state index contributed by atoms with van der Waals surface area (Å²) in [6.07, 6.45) is 3.48. The number of rotatable bonds is 6. The van der Waals surface area contributed by atoms with Crippen molar-refractivity contribution in [2.75, 3.05) is 13.7 Å². The van der Waals surface area contributed by atoms with E-state index in [4.69, 9.17) is 0 Å². The number of nitrogens with one attached hydrogen (secondary N) is 1. The van der Waals surface area contributed by atoms with Gasteiger partial charge in [0.15, 0.2) is 0 Å². The zero-order valence-electron chi connectivity index (χ0n) is 15.1. The van der Waals surface area contributed by atoms with Crippen molar-refractivity contribution in [1.29, 1.82) is 0 Å². The normalized spacial score (nSPS) is 20.8. The molecule has 0 aliphatic carbocycles. The molecule has 0 spiro atoms. The van der Waals surface area contributed by atoms with Crippen LogP contribution in [0.3, 0.4) is 0 Å². The molecule has 1 aromatic rings. The number of hydrogen-bond donors (Lipinski definition) is 1. The van der Waals surface area contributed by atoms with Crippen LogP contribution in [0.2, 0.25) is 0 Å². The minimum absolute atomic E-state index is 0.00434. The van der Waals surface area contributed by atoms with Gasteiger partial charge in [-0.25, -0.2) is 4.79 Å². The summed E-state index contributed by atoms with van der Waals surface area (Å²) in [4.78, 5) is 37.4. The van der Waals surface area contributed by atoms with Gasteiger partial charge in [-0.05, 0) is 32.3 Å². The Bertz CT molecular complexity index is 617. The number of likely N-dealkylation sites (tertiary alicyclic amines) is 1. The van der Waals surface area contributed by atoms with E-state index in [1.807, 2.05) is 0 Å². The lowest BCUT2D eigenvalue weighted by molar-refractivity contribution is -0.135. The van der Waals surface area contributed by atoms with Crippen molar-refractivity contribution < 1.29 is 19.1 Å². The predicted octanol–water partition coefficient (Wildman–Crippen LogP) is 1.92. The third kappa shape index (κ3) is 5.13. The largest absolute Gasteiger partial charge is 0.463 e. The maximum atomic E-state index is 12.2. The van der Waals surface area contributed by atoms with Crippen LogP contribution in [0.25, 0.3) is 0 Å². The van der Waals surface area contributed by atoms with Crippen molar-refractivity contribution in [2.45, 2.75) is 51.7 Å². The second-order valence-corrected chi connectivity index (χ2v) is 6.60. The topological polar surface area (TPSA) is 75.7 Å². The van der Waals surface area contributed by atoms with Gasteiger partial charge in [0.25, 0.3) is 5.78 Å². The van der Waals surface area contributed by atoms with Gasteiger partial charge < -0.3 is 10.1 Å². The number of piperidine rings is 1. The van der Waals surface area contributed by atoms with Crippen molar-refractivity contribution in [2.24, 2.45) is 0 Å². The molecule has 1 amide bonds. The van der Waals surface area contributed by atoms with E-state index in [1.165, 1.54) is 13.5 Å². The fourth-order valence-corrected chi connectivity index (χ4v) is 3.19. The van der Waals surface area contributed by atoms with Gasteiger partial charge in [0.1, 0.15) is 0 Å². The van der Waals surface area contributed by atoms with E-state index < -0.39 is 11.8 Å². The number of carbonyl (C=O) groups is 3. The van der Waals surface area contributed by atoms with E-state index >= 15 is 0 Å². The number of methoxy groups -OCH3 is 1. The minimum Gasteiger partial charge on any atom is -0.463 e. The fraction of sp³-hybridized carbons (Fsp3) is 0.526. The molecule has 25 heavy (non-hydrogen) atoms. The molecule has 1 saturated heterocycles. The Morgan fingerprint density at radius 3 is 2.28 bits per heavy atom. The number of nitrogens with zero attached hydrogens (tertiary/aromatic N) is 1. The summed E-state index contributed by atoms with van der Waals surface area (Å²) in [5.74, 6) is -1.56. The molecule has 1 N–H and O–H groups in total. The summed E-state index contributed by atoms with van der Waals surface area (Å²) in [7, 11) is 1.17. The summed E-state index contributed by atoms with van der Waals surface area (Å²) in [6, 6.07) is 7.44. The van der Waals surface area contributed by atoms with Gasteiger partial charge in [-0.1, -0.05) is 30.7 Å². The first-order chi connectivity index (χ1) is 11.9. The Morgan fingerprint density at radius 1 is 1.12 bits per heavy atom. The third-order valence-electron chi connectivity index (χ3n) is 4.78. The summed E-state index contributed by atoms with van der Waals surface area (Å²) in [5, 5.41) is 2.91. The average molecular weight is 346 g/mol. The molecule has 1 aliphatic rings. The molecule has 0 radical (unpaired) electrons. The second-order valence-electron chi connectivity index (χ2n) is 6.60. The lowest BCUT2D eigenvalue weighted by atomic mass is 9.97. The Balaban J connectivity index is 1.85. The lowest BCUT2D eigenvalue weighted by Gasteiger charge is -2.38. The van der Waals surface area contributed by atoms with Crippen LogP contribution in [0.5, 0.6) is 0 Å². The van der Waals surface area contributed by atoms with E-state index in [9.17, 15) is 14.4 Å². The van der Waals surface area contributed by atoms with E-state index in [0.29, 0.717) is 25.2 Å². The molecule has 1 aromatic carbocycles. The second kappa shape index (κ2) is 8.76. The van der Waals surface area contributed by atoms with Crippen LogP contribution in [-0.4, -0.2) is 48.3 Å². The zero-order valence-corrected chi connectivity index (χ0v) is 15.1. The third-order valence-corrected chi connectivity index (χ3v) is 4.78. The summed E-state index contributed by atoms with van der Waals surface area (Å²) >= 11 is 0. The van der Waals surface area contributed by atoms with Crippen LogP contribution in [0.15, 0.2) is 24.3 Å². The minimum atomic E-state index is -0.883. The maximum Gasteiger partial charge on any atom is 0.379 e. The van der Waals surface area contributed by atoms with Gasteiger partial charge in [-0.15, -0.1) is 0 Å². The quantitative estimate of drug-likeness (QED) is 0.484. The Kier molecular flexibility index (Phi) is 6.70. The van der Waals surface area contributed by atoms with Gasteiger partial charge in [-0.3, -0.25) is 14.5 Å². The van der Waals surface area contributed by atoms with Crippen molar-refractivity contribution >= 4 is 17.7 Å². The monoisotopic (exact) mass is 346 g/mol. The molecule has 136 valence electrons. The number of ketones is 1. The molecule has 6 nitrogen and oxygen atoms in total. The Hall–Kier alpha value is -2.21. The zero-order chi connectivity index (χ0) is 18.4. The highest BCUT2D eigenvalue weighted by Crippen LogP contribution is 2.21. The molecule has 0 bridgehead atoms. The molecule has 2 atom stereocenters. The molecule has 0 saturated carbocycles. The number of benzene rings is 1. The highest BCUT2D eigenvalue weighted by Gasteiger charge is 2.26. The Morgan fingerprint density at radius 2 is 1.72 bits per heavy atom.